The van der Waals surface area contributed by atoms with Crippen molar-refractivity contribution in [2.45, 2.75) is 6.92 Å². The Balaban J connectivity index is 2.43. The molecule has 0 amide bonds. The van der Waals surface area contributed by atoms with E-state index in [1.54, 1.807) is 19.3 Å². The maximum Gasteiger partial charge on any atom is 0.224 e. The molecule has 5 nitrogen and oxygen atoms in total. The van der Waals surface area contributed by atoms with Crippen LogP contribution in [0, 0.1) is 18.3 Å². The zero-order valence-electron chi connectivity index (χ0n) is 11.2. The van der Waals surface area contributed by atoms with Crippen LogP contribution in [0.3, 0.4) is 0 Å². The quantitative estimate of drug-likeness (QED) is 0.910. The molecule has 5 heteroatoms. The number of hydrogen-bond donors (Lipinski definition) is 1. The zero-order chi connectivity index (χ0) is 13.8. The molecule has 0 aliphatic carbocycles. The van der Waals surface area contributed by atoms with Crippen LogP contribution < -0.4 is 10.2 Å². The van der Waals surface area contributed by atoms with Crippen LogP contribution in [0.1, 0.15) is 11.1 Å². The number of hydrogen-bond acceptors (Lipinski definition) is 5. The van der Waals surface area contributed by atoms with Gasteiger partial charge in [0.05, 0.1) is 11.6 Å². The Labute approximate surface area is 112 Å². The SMILES string of the molecule is CNc1ncc(C)c(N(C)c2cccc(C#N)c2)n1. The summed E-state index contributed by atoms with van der Waals surface area (Å²) in [6, 6.07) is 9.56. The molecule has 0 spiro atoms. The molecule has 0 fully saturated rings. The summed E-state index contributed by atoms with van der Waals surface area (Å²) in [6.07, 6.45) is 1.78. The van der Waals surface area contributed by atoms with Gasteiger partial charge in [-0.05, 0) is 25.1 Å². The fourth-order valence-corrected chi connectivity index (χ4v) is 1.80. The Morgan fingerprint density at radius 3 is 2.84 bits per heavy atom. The van der Waals surface area contributed by atoms with Gasteiger partial charge in [-0.2, -0.15) is 10.2 Å². The number of nitrogens with one attached hydrogen (secondary N) is 1. The van der Waals surface area contributed by atoms with Crippen molar-refractivity contribution in [1.29, 1.82) is 5.26 Å². The fraction of sp³-hybridized carbons (Fsp3) is 0.214. The van der Waals surface area contributed by atoms with Gasteiger partial charge in [0.25, 0.3) is 0 Å². The van der Waals surface area contributed by atoms with Crippen molar-refractivity contribution in [1.82, 2.24) is 9.97 Å². The van der Waals surface area contributed by atoms with E-state index in [1.807, 2.05) is 37.1 Å². The Bertz CT molecular complexity index is 630. The summed E-state index contributed by atoms with van der Waals surface area (Å²) in [7, 11) is 3.70. The van der Waals surface area contributed by atoms with Crippen molar-refractivity contribution in [2.75, 3.05) is 24.3 Å². The number of rotatable bonds is 3. The van der Waals surface area contributed by atoms with Gasteiger partial charge in [-0.3, -0.25) is 0 Å². The third kappa shape index (κ3) is 2.63. The molecule has 1 aromatic heterocycles. The summed E-state index contributed by atoms with van der Waals surface area (Å²) in [5.74, 6) is 1.39. The highest BCUT2D eigenvalue weighted by molar-refractivity contribution is 5.64. The van der Waals surface area contributed by atoms with Crippen molar-refractivity contribution >= 4 is 17.5 Å². The topological polar surface area (TPSA) is 64.8 Å². The van der Waals surface area contributed by atoms with Crippen molar-refractivity contribution < 1.29 is 0 Å². The number of benzene rings is 1. The van der Waals surface area contributed by atoms with Crippen LogP contribution in [0.2, 0.25) is 0 Å². The van der Waals surface area contributed by atoms with Crippen LogP contribution in [0.25, 0.3) is 0 Å². The molecule has 0 atom stereocenters. The van der Waals surface area contributed by atoms with Crippen molar-refractivity contribution in [2.24, 2.45) is 0 Å². The Kier molecular flexibility index (Phi) is 3.62. The van der Waals surface area contributed by atoms with Crippen LogP contribution in [0.15, 0.2) is 30.5 Å². The molecule has 0 unspecified atom stereocenters. The maximum absolute atomic E-state index is 8.95. The van der Waals surface area contributed by atoms with Gasteiger partial charge >= 0.3 is 0 Å². The third-order valence-corrected chi connectivity index (χ3v) is 2.85. The molecule has 1 aromatic carbocycles. The third-order valence-electron chi connectivity index (χ3n) is 2.85. The Hall–Kier alpha value is -2.61. The Morgan fingerprint density at radius 1 is 1.37 bits per heavy atom. The van der Waals surface area contributed by atoms with Crippen LogP contribution in [0.4, 0.5) is 17.5 Å². The van der Waals surface area contributed by atoms with E-state index in [-0.39, 0.29) is 0 Å². The van der Waals surface area contributed by atoms with Crippen molar-refractivity contribution in [3.8, 4) is 6.07 Å². The second kappa shape index (κ2) is 5.36. The Morgan fingerprint density at radius 2 is 2.16 bits per heavy atom. The maximum atomic E-state index is 8.95. The first-order chi connectivity index (χ1) is 9.15. The first-order valence-corrected chi connectivity index (χ1v) is 5.91. The molecule has 0 saturated carbocycles. The van der Waals surface area contributed by atoms with Gasteiger partial charge in [-0.25, -0.2) is 4.98 Å². The van der Waals surface area contributed by atoms with Gasteiger partial charge in [-0.1, -0.05) is 6.07 Å². The molecular formula is C14H15N5. The standard InChI is InChI=1S/C14H15N5/c1-10-9-17-14(16-2)18-13(10)19(3)12-6-4-5-11(7-12)8-15/h4-7,9H,1-3H3,(H,16,17,18). The summed E-state index contributed by atoms with van der Waals surface area (Å²) < 4.78 is 0. The number of anilines is 3. The minimum Gasteiger partial charge on any atom is -0.357 e. The van der Waals surface area contributed by atoms with E-state index in [4.69, 9.17) is 5.26 Å². The predicted octanol–water partition coefficient (Wildman–Crippen LogP) is 2.47. The predicted molar refractivity (Wildman–Crippen MR) is 75.5 cm³/mol. The smallest absolute Gasteiger partial charge is 0.224 e. The highest BCUT2D eigenvalue weighted by atomic mass is 15.2. The minimum absolute atomic E-state index is 0.573. The number of aryl methyl sites for hydroxylation is 1. The lowest BCUT2D eigenvalue weighted by Crippen LogP contribution is -2.14. The van der Waals surface area contributed by atoms with Gasteiger partial charge in [0.15, 0.2) is 0 Å². The average molecular weight is 253 g/mol. The molecule has 0 aliphatic rings. The first kappa shape index (κ1) is 12.8. The molecule has 19 heavy (non-hydrogen) atoms. The highest BCUT2D eigenvalue weighted by Gasteiger charge is 2.10. The number of aromatic nitrogens is 2. The van der Waals surface area contributed by atoms with E-state index < -0.39 is 0 Å². The van der Waals surface area contributed by atoms with Crippen LogP contribution in [-0.2, 0) is 0 Å². The molecule has 96 valence electrons. The lowest BCUT2D eigenvalue weighted by Gasteiger charge is -2.20. The number of nitriles is 1. The normalized spacial score (nSPS) is 9.79. The van der Waals surface area contributed by atoms with Gasteiger partial charge in [0.1, 0.15) is 5.82 Å². The van der Waals surface area contributed by atoms with Crippen LogP contribution in [0.5, 0.6) is 0 Å². The summed E-state index contributed by atoms with van der Waals surface area (Å²) in [4.78, 5) is 10.6. The average Bonchev–Trinajstić information content (AvgIpc) is 2.47. The summed E-state index contributed by atoms with van der Waals surface area (Å²) in [6.45, 7) is 1.96. The molecule has 0 aliphatic heterocycles. The van der Waals surface area contributed by atoms with Gasteiger partial charge < -0.3 is 10.2 Å². The number of nitrogens with zero attached hydrogens (tertiary/aromatic N) is 4. The molecule has 0 radical (unpaired) electrons. The monoisotopic (exact) mass is 253 g/mol. The zero-order valence-corrected chi connectivity index (χ0v) is 11.2. The van der Waals surface area contributed by atoms with Crippen molar-refractivity contribution in [3.63, 3.8) is 0 Å². The largest absolute Gasteiger partial charge is 0.357 e. The van der Waals surface area contributed by atoms with E-state index in [2.05, 4.69) is 21.4 Å². The second-order valence-electron chi connectivity index (χ2n) is 4.17. The van der Waals surface area contributed by atoms with Gasteiger partial charge in [0, 0.05) is 31.5 Å². The van der Waals surface area contributed by atoms with Crippen LogP contribution in [-0.4, -0.2) is 24.1 Å². The van der Waals surface area contributed by atoms with Gasteiger partial charge in [0.2, 0.25) is 5.95 Å². The van der Waals surface area contributed by atoms with E-state index in [9.17, 15) is 0 Å². The highest BCUT2D eigenvalue weighted by Crippen LogP contribution is 2.25. The van der Waals surface area contributed by atoms with E-state index in [0.717, 1.165) is 17.1 Å². The van der Waals surface area contributed by atoms with Crippen molar-refractivity contribution in [3.05, 3.63) is 41.6 Å². The van der Waals surface area contributed by atoms with Crippen LogP contribution >= 0.6 is 0 Å². The van der Waals surface area contributed by atoms with E-state index in [0.29, 0.717) is 11.5 Å². The molecule has 0 saturated heterocycles. The fourth-order valence-electron chi connectivity index (χ4n) is 1.80. The minimum atomic E-state index is 0.573. The first-order valence-electron chi connectivity index (χ1n) is 5.91. The summed E-state index contributed by atoms with van der Waals surface area (Å²) >= 11 is 0. The lowest BCUT2D eigenvalue weighted by molar-refractivity contribution is 1.05. The summed E-state index contributed by atoms with van der Waals surface area (Å²) in [5.41, 5.74) is 2.52. The molecule has 1 heterocycles. The second-order valence-corrected chi connectivity index (χ2v) is 4.17. The van der Waals surface area contributed by atoms with E-state index in [1.165, 1.54) is 0 Å². The lowest BCUT2D eigenvalue weighted by atomic mass is 10.2. The van der Waals surface area contributed by atoms with Gasteiger partial charge in [-0.15, -0.1) is 0 Å². The van der Waals surface area contributed by atoms with E-state index >= 15 is 0 Å². The molecule has 1 N–H and O–H groups in total. The molecule has 0 bridgehead atoms. The summed E-state index contributed by atoms with van der Waals surface area (Å²) in [5, 5.41) is 11.9. The molecule has 2 rings (SSSR count). The molecule has 2 aromatic rings. The molecular weight excluding hydrogens is 238 g/mol.